The molecule has 0 saturated heterocycles. The summed E-state index contributed by atoms with van der Waals surface area (Å²) in [7, 11) is 0. The molecule has 3 atom stereocenters. The summed E-state index contributed by atoms with van der Waals surface area (Å²) in [6.07, 6.45) is 9.52. The smallest absolute Gasteiger partial charge is 0.201 e. The summed E-state index contributed by atoms with van der Waals surface area (Å²) >= 11 is 0. The molecule has 2 aliphatic rings. The summed E-state index contributed by atoms with van der Waals surface area (Å²) in [6, 6.07) is 3.23. The minimum absolute atomic E-state index is 0.000761. The van der Waals surface area contributed by atoms with Gasteiger partial charge in [-0.05, 0) is 74.5 Å². The van der Waals surface area contributed by atoms with E-state index in [4.69, 9.17) is 4.74 Å². The third kappa shape index (κ3) is 2.93. The topological polar surface area (TPSA) is 9.23 Å². The normalized spacial score (nSPS) is 26.0. The average molecular weight is 318 g/mol. The molecular weight excluding hydrogens is 294 g/mol. The van der Waals surface area contributed by atoms with Gasteiger partial charge in [0.2, 0.25) is 5.82 Å². The van der Waals surface area contributed by atoms with Crippen molar-refractivity contribution >= 4 is 5.57 Å². The average Bonchev–Trinajstić information content (AvgIpc) is 3.13. The molecule has 1 aromatic carbocycles. The van der Waals surface area contributed by atoms with E-state index < -0.39 is 11.6 Å². The summed E-state index contributed by atoms with van der Waals surface area (Å²) in [4.78, 5) is 0. The van der Waals surface area contributed by atoms with Gasteiger partial charge in [0.1, 0.15) is 0 Å². The molecular formula is C20H24F2O. The van der Waals surface area contributed by atoms with E-state index in [1.54, 1.807) is 19.1 Å². The van der Waals surface area contributed by atoms with Crippen LogP contribution in [0.25, 0.3) is 5.57 Å². The molecule has 1 fully saturated rings. The minimum Gasteiger partial charge on any atom is -0.491 e. The van der Waals surface area contributed by atoms with Crippen LogP contribution >= 0.6 is 0 Å². The van der Waals surface area contributed by atoms with Crippen LogP contribution in [-0.2, 0) is 0 Å². The maximum atomic E-state index is 14.5. The third-order valence-corrected chi connectivity index (χ3v) is 5.38. The van der Waals surface area contributed by atoms with Gasteiger partial charge in [-0.1, -0.05) is 12.2 Å². The van der Waals surface area contributed by atoms with Crippen molar-refractivity contribution in [3.63, 3.8) is 0 Å². The molecule has 0 aliphatic heterocycles. The van der Waals surface area contributed by atoms with Crippen LogP contribution in [-0.4, -0.2) is 6.61 Å². The van der Waals surface area contributed by atoms with E-state index in [0.29, 0.717) is 29.9 Å². The monoisotopic (exact) mass is 318 g/mol. The van der Waals surface area contributed by atoms with Crippen molar-refractivity contribution in [1.82, 2.24) is 0 Å². The number of rotatable bonds is 6. The van der Waals surface area contributed by atoms with Crippen molar-refractivity contribution in [2.75, 3.05) is 6.61 Å². The molecule has 3 heteroatoms. The quantitative estimate of drug-likeness (QED) is 0.606. The Balaban J connectivity index is 1.81. The lowest BCUT2D eigenvalue weighted by Crippen LogP contribution is -2.11. The first-order chi connectivity index (χ1) is 11.2. The van der Waals surface area contributed by atoms with Gasteiger partial charge in [0.15, 0.2) is 11.6 Å². The van der Waals surface area contributed by atoms with Gasteiger partial charge in [0.25, 0.3) is 0 Å². The number of fused-ring (bicyclic) bond motifs is 1. The molecule has 0 aromatic heterocycles. The second-order valence-electron chi connectivity index (χ2n) is 6.54. The Bertz CT molecular complexity index is 620. The van der Waals surface area contributed by atoms with Crippen molar-refractivity contribution in [3.8, 4) is 5.75 Å². The second-order valence-corrected chi connectivity index (χ2v) is 6.54. The van der Waals surface area contributed by atoms with Crippen molar-refractivity contribution < 1.29 is 13.5 Å². The van der Waals surface area contributed by atoms with Crippen LogP contribution in [0, 0.1) is 29.4 Å². The van der Waals surface area contributed by atoms with Gasteiger partial charge >= 0.3 is 0 Å². The molecule has 3 unspecified atom stereocenters. The molecule has 124 valence electrons. The number of halogens is 2. The van der Waals surface area contributed by atoms with Gasteiger partial charge in [0, 0.05) is 5.56 Å². The minimum atomic E-state index is -0.866. The Morgan fingerprint density at radius 3 is 2.83 bits per heavy atom. The molecule has 1 saturated carbocycles. The molecule has 0 heterocycles. The Kier molecular flexibility index (Phi) is 4.84. The standard InChI is InChI=1S/C20H24F2O/c1-3-5-6-13-7-8-15-14(13)9-10-16(15)17-11-12-18(23-4-2)20(22)19(17)21/h3,10-15H,1,4-9H2,2H3. The maximum absolute atomic E-state index is 14.5. The predicted molar refractivity (Wildman–Crippen MR) is 89.3 cm³/mol. The molecule has 3 rings (SSSR count). The van der Waals surface area contributed by atoms with Crippen LogP contribution in [0.4, 0.5) is 8.78 Å². The zero-order valence-electron chi connectivity index (χ0n) is 13.7. The molecule has 0 spiro atoms. The molecule has 1 aromatic rings. The molecule has 0 amide bonds. The summed E-state index contributed by atoms with van der Waals surface area (Å²) in [5.41, 5.74) is 1.42. The highest BCUT2D eigenvalue weighted by Gasteiger charge is 2.41. The molecule has 0 radical (unpaired) electrons. The van der Waals surface area contributed by atoms with E-state index in [2.05, 4.69) is 12.7 Å². The summed E-state index contributed by atoms with van der Waals surface area (Å²) in [5.74, 6) is 0.00414. The largest absolute Gasteiger partial charge is 0.491 e. The summed E-state index contributed by atoms with van der Waals surface area (Å²) in [6.45, 7) is 5.89. The van der Waals surface area contributed by atoms with E-state index >= 15 is 0 Å². The van der Waals surface area contributed by atoms with Crippen LogP contribution < -0.4 is 4.74 Å². The molecule has 23 heavy (non-hydrogen) atoms. The van der Waals surface area contributed by atoms with Crippen LogP contribution in [0.2, 0.25) is 0 Å². The van der Waals surface area contributed by atoms with Crippen molar-refractivity contribution in [2.45, 2.75) is 39.0 Å². The number of allylic oxidation sites excluding steroid dienone is 3. The zero-order valence-corrected chi connectivity index (χ0v) is 13.7. The Hall–Kier alpha value is -1.64. The number of ether oxygens (including phenoxy) is 1. The van der Waals surface area contributed by atoms with E-state index in [1.807, 2.05) is 6.08 Å². The number of benzene rings is 1. The molecule has 2 aliphatic carbocycles. The third-order valence-electron chi connectivity index (χ3n) is 5.38. The Morgan fingerprint density at radius 1 is 1.26 bits per heavy atom. The lowest BCUT2D eigenvalue weighted by molar-refractivity contribution is 0.313. The Labute approximate surface area is 137 Å². The van der Waals surface area contributed by atoms with Gasteiger partial charge < -0.3 is 4.74 Å². The van der Waals surface area contributed by atoms with Gasteiger partial charge in [-0.25, -0.2) is 4.39 Å². The first kappa shape index (κ1) is 16.2. The first-order valence-electron chi connectivity index (χ1n) is 8.59. The number of hydrogen-bond donors (Lipinski definition) is 0. The lowest BCUT2D eigenvalue weighted by atomic mass is 9.85. The fraction of sp³-hybridized carbons (Fsp3) is 0.500. The van der Waals surface area contributed by atoms with Gasteiger partial charge in [-0.2, -0.15) is 4.39 Å². The number of hydrogen-bond acceptors (Lipinski definition) is 1. The highest BCUT2D eigenvalue weighted by Crippen LogP contribution is 2.52. The first-order valence-corrected chi connectivity index (χ1v) is 8.59. The van der Waals surface area contributed by atoms with Crippen molar-refractivity contribution in [2.24, 2.45) is 17.8 Å². The summed E-state index contributed by atoms with van der Waals surface area (Å²) in [5, 5.41) is 0. The molecule has 1 nitrogen and oxygen atoms in total. The van der Waals surface area contributed by atoms with E-state index in [9.17, 15) is 8.78 Å². The van der Waals surface area contributed by atoms with Gasteiger partial charge in [-0.3, -0.25) is 0 Å². The summed E-state index contributed by atoms with van der Waals surface area (Å²) < 4.78 is 33.8. The van der Waals surface area contributed by atoms with E-state index in [0.717, 1.165) is 31.3 Å². The molecule has 0 bridgehead atoms. The van der Waals surface area contributed by atoms with E-state index in [1.165, 1.54) is 6.42 Å². The van der Waals surface area contributed by atoms with Crippen LogP contribution in [0.15, 0.2) is 30.9 Å². The van der Waals surface area contributed by atoms with Gasteiger partial charge in [0.05, 0.1) is 6.61 Å². The van der Waals surface area contributed by atoms with Crippen molar-refractivity contribution in [1.29, 1.82) is 0 Å². The highest BCUT2D eigenvalue weighted by atomic mass is 19.2. The van der Waals surface area contributed by atoms with Crippen LogP contribution in [0.5, 0.6) is 5.75 Å². The predicted octanol–water partition coefficient (Wildman–Crippen LogP) is 5.76. The second kappa shape index (κ2) is 6.86. The zero-order chi connectivity index (χ0) is 16.4. The fourth-order valence-corrected chi connectivity index (χ4v) is 4.33. The maximum Gasteiger partial charge on any atom is 0.201 e. The van der Waals surface area contributed by atoms with Crippen LogP contribution in [0.1, 0.15) is 44.6 Å². The Morgan fingerprint density at radius 2 is 2.09 bits per heavy atom. The fourth-order valence-electron chi connectivity index (χ4n) is 4.33. The molecule has 0 N–H and O–H groups in total. The SMILES string of the molecule is C=CCCC1CCC2C(c3ccc(OCC)c(F)c3F)=CCC12. The van der Waals surface area contributed by atoms with E-state index in [-0.39, 0.29) is 5.75 Å². The van der Waals surface area contributed by atoms with Crippen LogP contribution in [0.3, 0.4) is 0 Å². The lowest BCUT2D eigenvalue weighted by Gasteiger charge is -2.20. The van der Waals surface area contributed by atoms with Gasteiger partial charge in [-0.15, -0.1) is 6.58 Å². The highest BCUT2D eigenvalue weighted by molar-refractivity contribution is 5.71. The van der Waals surface area contributed by atoms with Crippen molar-refractivity contribution in [3.05, 3.63) is 48.1 Å².